The third-order valence-corrected chi connectivity index (χ3v) is 3.47. The Hall–Kier alpha value is -2.18. The number of nitro groups is 1. The van der Waals surface area contributed by atoms with E-state index >= 15 is 0 Å². The van der Waals surface area contributed by atoms with Crippen molar-refractivity contribution in [2.24, 2.45) is 0 Å². The Morgan fingerprint density at radius 1 is 1.43 bits per heavy atom. The van der Waals surface area contributed by atoms with Crippen LogP contribution in [-0.4, -0.2) is 40.3 Å². The van der Waals surface area contributed by atoms with E-state index in [0.717, 1.165) is 19.0 Å². The number of rotatable bonds is 7. The van der Waals surface area contributed by atoms with Gasteiger partial charge in [-0.15, -0.1) is 0 Å². The second-order valence-electron chi connectivity index (χ2n) is 4.76. The van der Waals surface area contributed by atoms with Crippen LogP contribution >= 0.6 is 0 Å². The van der Waals surface area contributed by atoms with Gasteiger partial charge in [-0.05, 0) is 19.8 Å². The zero-order chi connectivity index (χ0) is 16.0. The van der Waals surface area contributed by atoms with Crippen LogP contribution in [0.3, 0.4) is 0 Å². The standard InChI is InChI=1S/C14H22N4O3/c1-5-10(6-2)17(4)14(19)12-8-11(18(20)21)9-16-13(12)15-7-3/h8-10H,5-7H2,1-4H3,(H,15,16). The maximum atomic E-state index is 12.6. The lowest BCUT2D eigenvalue weighted by Gasteiger charge is -2.26. The van der Waals surface area contributed by atoms with Gasteiger partial charge in [0.1, 0.15) is 12.0 Å². The highest BCUT2D eigenvalue weighted by Gasteiger charge is 2.24. The number of amides is 1. The van der Waals surface area contributed by atoms with Crippen LogP contribution < -0.4 is 5.32 Å². The molecule has 0 unspecified atom stereocenters. The van der Waals surface area contributed by atoms with Crippen LogP contribution in [0, 0.1) is 10.1 Å². The topological polar surface area (TPSA) is 88.4 Å². The highest BCUT2D eigenvalue weighted by molar-refractivity contribution is 5.99. The molecule has 0 atom stereocenters. The Balaban J connectivity index is 3.21. The molecule has 7 nitrogen and oxygen atoms in total. The number of aromatic nitrogens is 1. The summed E-state index contributed by atoms with van der Waals surface area (Å²) >= 11 is 0. The molecule has 0 aliphatic carbocycles. The summed E-state index contributed by atoms with van der Waals surface area (Å²) in [5.41, 5.74) is 0.0541. The molecule has 1 aromatic rings. The van der Waals surface area contributed by atoms with E-state index in [-0.39, 0.29) is 23.2 Å². The van der Waals surface area contributed by atoms with Crippen molar-refractivity contribution in [3.05, 3.63) is 27.9 Å². The van der Waals surface area contributed by atoms with Gasteiger partial charge in [0.2, 0.25) is 0 Å². The minimum absolute atomic E-state index is 0.103. The molecule has 0 aliphatic heterocycles. The molecule has 21 heavy (non-hydrogen) atoms. The van der Waals surface area contributed by atoms with Gasteiger partial charge in [-0.2, -0.15) is 0 Å². The molecule has 0 fully saturated rings. The summed E-state index contributed by atoms with van der Waals surface area (Å²) in [4.78, 5) is 28.6. The van der Waals surface area contributed by atoms with E-state index in [1.165, 1.54) is 6.07 Å². The van der Waals surface area contributed by atoms with E-state index in [0.29, 0.717) is 12.4 Å². The second-order valence-corrected chi connectivity index (χ2v) is 4.76. The number of carbonyl (C=O) groups excluding carboxylic acids is 1. The summed E-state index contributed by atoms with van der Waals surface area (Å²) in [6.07, 6.45) is 2.82. The number of hydrogen-bond acceptors (Lipinski definition) is 5. The fourth-order valence-electron chi connectivity index (χ4n) is 2.22. The predicted molar refractivity (Wildman–Crippen MR) is 81.5 cm³/mol. The van der Waals surface area contributed by atoms with Gasteiger partial charge in [0, 0.05) is 25.7 Å². The van der Waals surface area contributed by atoms with Gasteiger partial charge in [0.25, 0.3) is 11.6 Å². The molecule has 0 spiro atoms. The van der Waals surface area contributed by atoms with E-state index in [1.807, 2.05) is 20.8 Å². The van der Waals surface area contributed by atoms with Crippen molar-refractivity contribution in [3.8, 4) is 0 Å². The summed E-state index contributed by atoms with van der Waals surface area (Å²) in [5.74, 6) is 0.127. The predicted octanol–water partition coefficient (Wildman–Crippen LogP) is 2.68. The number of hydrogen-bond donors (Lipinski definition) is 1. The molecule has 1 N–H and O–H groups in total. The fourth-order valence-corrected chi connectivity index (χ4v) is 2.22. The summed E-state index contributed by atoms with van der Waals surface area (Å²) in [6.45, 7) is 6.48. The quantitative estimate of drug-likeness (QED) is 0.617. The van der Waals surface area contributed by atoms with Gasteiger partial charge >= 0.3 is 0 Å². The van der Waals surface area contributed by atoms with Crippen LogP contribution in [0.4, 0.5) is 11.5 Å². The summed E-state index contributed by atoms with van der Waals surface area (Å²) < 4.78 is 0. The molecule has 7 heteroatoms. The van der Waals surface area contributed by atoms with Crippen molar-refractivity contribution >= 4 is 17.4 Å². The zero-order valence-electron chi connectivity index (χ0n) is 12.9. The second kappa shape index (κ2) is 7.56. The summed E-state index contributed by atoms with van der Waals surface area (Å²) in [6, 6.07) is 1.39. The number of nitrogens with zero attached hydrogens (tertiary/aromatic N) is 3. The van der Waals surface area contributed by atoms with Crippen LogP contribution in [0.2, 0.25) is 0 Å². The van der Waals surface area contributed by atoms with Crippen molar-refractivity contribution < 1.29 is 9.72 Å². The molecule has 0 saturated carbocycles. The lowest BCUT2D eigenvalue weighted by Crippen LogP contribution is -2.36. The largest absolute Gasteiger partial charge is 0.370 e. The lowest BCUT2D eigenvalue weighted by atomic mass is 10.1. The van der Waals surface area contributed by atoms with E-state index in [2.05, 4.69) is 10.3 Å². The van der Waals surface area contributed by atoms with Crippen molar-refractivity contribution in [2.45, 2.75) is 39.7 Å². The maximum absolute atomic E-state index is 12.6. The van der Waals surface area contributed by atoms with Crippen LogP contribution in [0.15, 0.2) is 12.3 Å². The molecule has 0 aromatic carbocycles. The van der Waals surface area contributed by atoms with Gasteiger partial charge in [-0.25, -0.2) is 4.98 Å². The van der Waals surface area contributed by atoms with Gasteiger partial charge in [0.05, 0.1) is 10.5 Å². The Bertz CT molecular complexity index is 515. The smallest absolute Gasteiger partial charge is 0.288 e. The summed E-state index contributed by atoms with van der Waals surface area (Å²) in [7, 11) is 1.72. The monoisotopic (exact) mass is 294 g/mol. The first-order valence-corrected chi connectivity index (χ1v) is 7.11. The Morgan fingerprint density at radius 2 is 2.05 bits per heavy atom. The number of carbonyl (C=O) groups is 1. The van der Waals surface area contributed by atoms with E-state index < -0.39 is 4.92 Å². The molecule has 0 radical (unpaired) electrons. The van der Waals surface area contributed by atoms with E-state index in [9.17, 15) is 14.9 Å². The Kier molecular flexibility index (Phi) is 6.08. The molecule has 0 aliphatic rings. The van der Waals surface area contributed by atoms with Crippen molar-refractivity contribution in [3.63, 3.8) is 0 Å². The molecule has 0 saturated heterocycles. The number of nitrogens with one attached hydrogen (secondary N) is 1. The SMILES string of the molecule is CCNc1ncc([N+](=O)[O-])cc1C(=O)N(C)C(CC)CC. The van der Waals surface area contributed by atoms with E-state index in [1.54, 1.807) is 11.9 Å². The Labute approximate surface area is 124 Å². The first-order chi connectivity index (χ1) is 9.96. The number of pyridine rings is 1. The maximum Gasteiger partial charge on any atom is 0.288 e. The highest BCUT2D eigenvalue weighted by atomic mass is 16.6. The van der Waals surface area contributed by atoms with Crippen molar-refractivity contribution in [2.75, 3.05) is 18.9 Å². The van der Waals surface area contributed by atoms with Crippen LogP contribution in [-0.2, 0) is 0 Å². The van der Waals surface area contributed by atoms with Crippen LogP contribution in [0.5, 0.6) is 0 Å². The van der Waals surface area contributed by atoms with Gasteiger partial charge in [0.15, 0.2) is 0 Å². The average Bonchev–Trinajstić information content (AvgIpc) is 2.48. The molecular weight excluding hydrogens is 272 g/mol. The lowest BCUT2D eigenvalue weighted by molar-refractivity contribution is -0.385. The number of anilines is 1. The summed E-state index contributed by atoms with van der Waals surface area (Å²) in [5, 5.41) is 13.9. The third kappa shape index (κ3) is 3.90. The molecule has 116 valence electrons. The normalized spacial score (nSPS) is 10.5. The van der Waals surface area contributed by atoms with Crippen LogP contribution in [0.25, 0.3) is 0 Å². The molecular formula is C14H22N4O3. The van der Waals surface area contributed by atoms with Gasteiger partial charge < -0.3 is 10.2 Å². The van der Waals surface area contributed by atoms with Gasteiger partial charge in [-0.1, -0.05) is 13.8 Å². The van der Waals surface area contributed by atoms with Gasteiger partial charge in [-0.3, -0.25) is 14.9 Å². The van der Waals surface area contributed by atoms with Crippen LogP contribution in [0.1, 0.15) is 44.0 Å². The first-order valence-electron chi connectivity index (χ1n) is 7.11. The zero-order valence-corrected chi connectivity index (χ0v) is 12.9. The molecule has 1 amide bonds. The Morgan fingerprint density at radius 3 is 2.52 bits per heavy atom. The fraction of sp³-hybridized carbons (Fsp3) is 0.571. The molecule has 1 aromatic heterocycles. The molecule has 0 bridgehead atoms. The minimum atomic E-state index is -0.545. The molecule has 1 heterocycles. The third-order valence-electron chi connectivity index (χ3n) is 3.47. The van der Waals surface area contributed by atoms with Crippen molar-refractivity contribution in [1.29, 1.82) is 0 Å². The average molecular weight is 294 g/mol. The molecule has 1 rings (SSSR count). The first kappa shape index (κ1) is 16.9. The van der Waals surface area contributed by atoms with E-state index in [4.69, 9.17) is 0 Å². The minimum Gasteiger partial charge on any atom is -0.370 e. The highest BCUT2D eigenvalue weighted by Crippen LogP contribution is 2.22. The van der Waals surface area contributed by atoms with Crippen molar-refractivity contribution in [1.82, 2.24) is 9.88 Å².